The van der Waals surface area contributed by atoms with Crippen molar-refractivity contribution in [3.05, 3.63) is 23.9 Å². The van der Waals surface area contributed by atoms with Gasteiger partial charge >= 0.3 is 6.18 Å². The summed E-state index contributed by atoms with van der Waals surface area (Å²) >= 11 is 0. The molecule has 1 fully saturated rings. The molecule has 1 aliphatic heterocycles. The largest absolute Gasteiger partial charge is 0.467 e. The Morgan fingerprint density at radius 1 is 1.33 bits per heavy atom. The van der Waals surface area contributed by atoms with Crippen LogP contribution in [-0.2, 0) is 0 Å². The van der Waals surface area contributed by atoms with Crippen LogP contribution in [0.2, 0.25) is 0 Å². The van der Waals surface area contributed by atoms with Crippen LogP contribution < -0.4 is 10.1 Å². The van der Waals surface area contributed by atoms with Crippen LogP contribution >= 0.6 is 0 Å². The van der Waals surface area contributed by atoms with Gasteiger partial charge in [-0.2, -0.15) is 13.2 Å². The van der Waals surface area contributed by atoms with Crippen molar-refractivity contribution in [2.75, 3.05) is 52.9 Å². The molecule has 1 amide bonds. The maximum absolute atomic E-state index is 12.2. The minimum Gasteiger partial charge on any atom is -0.467 e. The Kier molecular flexibility index (Phi) is 6.38. The number of amides is 1. The number of aromatic nitrogens is 1. The van der Waals surface area contributed by atoms with E-state index in [0.29, 0.717) is 13.1 Å². The van der Waals surface area contributed by atoms with Gasteiger partial charge < -0.3 is 15.0 Å². The zero-order chi connectivity index (χ0) is 17.6. The lowest BCUT2D eigenvalue weighted by Crippen LogP contribution is -2.46. The molecule has 0 radical (unpaired) electrons. The van der Waals surface area contributed by atoms with Crippen LogP contribution in [0.15, 0.2) is 18.3 Å². The molecule has 0 atom stereocenters. The van der Waals surface area contributed by atoms with Crippen molar-refractivity contribution < 1.29 is 22.7 Å². The van der Waals surface area contributed by atoms with E-state index in [4.69, 9.17) is 0 Å². The number of hydrogen-bond acceptors (Lipinski definition) is 5. The van der Waals surface area contributed by atoms with E-state index in [1.807, 2.05) is 0 Å². The standard InChI is InChI=1S/C15H21F3N4O2/c1-21-7-9-22(10-8-21)6-5-19-13(23)12-3-2-4-20-14(12)24-11-15(16,17)18/h2-4H,5-11H2,1H3,(H,19,23). The molecule has 0 saturated carbocycles. The topological polar surface area (TPSA) is 57.7 Å². The van der Waals surface area contributed by atoms with E-state index in [0.717, 1.165) is 26.2 Å². The van der Waals surface area contributed by atoms with Crippen molar-refractivity contribution in [1.82, 2.24) is 20.1 Å². The third kappa shape index (κ3) is 5.97. The fourth-order valence-electron chi connectivity index (χ4n) is 2.32. The fourth-order valence-corrected chi connectivity index (χ4v) is 2.32. The van der Waals surface area contributed by atoms with Gasteiger partial charge in [0.05, 0.1) is 0 Å². The molecule has 1 N–H and O–H groups in total. The number of halogens is 3. The monoisotopic (exact) mass is 346 g/mol. The van der Waals surface area contributed by atoms with E-state index in [1.165, 1.54) is 18.3 Å². The highest BCUT2D eigenvalue weighted by Crippen LogP contribution is 2.19. The lowest BCUT2D eigenvalue weighted by Gasteiger charge is -2.32. The lowest BCUT2D eigenvalue weighted by atomic mass is 10.2. The fraction of sp³-hybridized carbons (Fsp3) is 0.600. The second-order valence-corrected chi connectivity index (χ2v) is 5.66. The number of nitrogens with zero attached hydrogens (tertiary/aromatic N) is 3. The highest BCUT2D eigenvalue weighted by atomic mass is 19.4. The lowest BCUT2D eigenvalue weighted by molar-refractivity contribution is -0.154. The number of alkyl halides is 3. The van der Waals surface area contributed by atoms with Crippen molar-refractivity contribution in [3.8, 4) is 5.88 Å². The smallest absolute Gasteiger partial charge is 0.422 e. The van der Waals surface area contributed by atoms with Gasteiger partial charge in [0.15, 0.2) is 6.61 Å². The Hall–Kier alpha value is -1.87. The second kappa shape index (κ2) is 8.29. The molecular formula is C15H21F3N4O2. The normalized spacial score (nSPS) is 16.8. The molecule has 0 aromatic carbocycles. The first-order valence-electron chi connectivity index (χ1n) is 7.69. The molecule has 2 heterocycles. The van der Waals surface area contributed by atoms with Crippen LogP contribution in [0, 0.1) is 0 Å². The van der Waals surface area contributed by atoms with Crippen LogP contribution in [0.3, 0.4) is 0 Å². The quantitative estimate of drug-likeness (QED) is 0.833. The zero-order valence-electron chi connectivity index (χ0n) is 13.5. The van der Waals surface area contributed by atoms with Crippen LogP contribution in [-0.4, -0.2) is 79.8 Å². The van der Waals surface area contributed by atoms with Crippen molar-refractivity contribution in [2.24, 2.45) is 0 Å². The molecule has 9 heteroatoms. The summed E-state index contributed by atoms with van der Waals surface area (Å²) < 4.78 is 41.4. The maximum Gasteiger partial charge on any atom is 0.422 e. The number of piperazine rings is 1. The van der Waals surface area contributed by atoms with Crippen molar-refractivity contribution >= 4 is 5.91 Å². The molecule has 0 unspecified atom stereocenters. The van der Waals surface area contributed by atoms with Crippen molar-refractivity contribution in [1.29, 1.82) is 0 Å². The summed E-state index contributed by atoms with van der Waals surface area (Å²) in [6.45, 7) is 3.44. The van der Waals surface area contributed by atoms with E-state index in [1.54, 1.807) is 0 Å². The van der Waals surface area contributed by atoms with Crippen molar-refractivity contribution in [2.45, 2.75) is 6.18 Å². The minimum atomic E-state index is -4.48. The third-order valence-corrected chi connectivity index (χ3v) is 3.70. The highest BCUT2D eigenvalue weighted by molar-refractivity contribution is 5.96. The molecule has 1 saturated heterocycles. The summed E-state index contributed by atoms with van der Waals surface area (Å²) in [5.74, 6) is -0.804. The maximum atomic E-state index is 12.2. The molecule has 1 aliphatic rings. The molecular weight excluding hydrogens is 325 g/mol. The van der Waals surface area contributed by atoms with E-state index in [9.17, 15) is 18.0 Å². The van der Waals surface area contributed by atoms with Crippen LogP contribution in [0.4, 0.5) is 13.2 Å². The first-order valence-corrected chi connectivity index (χ1v) is 7.69. The molecule has 2 rings (SSSR count). The van der Waals surface area contributed by atoms with Crippen molar-refractivity contribution in [3.63, 3.8) is 0 Å². The number of rotatable bonds is 6. The molecule has 6 nitrogen and oxygen atoms in total. The Balaban J connectivity index is 1.83. The predicted octanol–water partition coefficient (Wildman–Crippen LogP) is 1.000. The van der Waals surface area contributed by atoms with E-state index >= 15 is 0 Å². The Morgan fingerprint density at radius 2 is 2.04 bits per heavy atom. The Labute approximate surface area is 138 Å². The molecule has 0 bridgehead atoms. The number of carbonyl (C=O) groups excluding carboxylic acids is 1. The second-order valence-electron chi connectivity index (χ2n) is 5.66. The number of ether oxygens (including phenoxy) is 1. The molecule has 0 spiro atoms. The predicted molar refractivity (Wildman–Crippen MR) is 82.1 cm³/mol. The average Bonchev–Trinajstić information content (AvgIpc) is 2.54. The third-order valence-electron chi connectivity index (χ3n) is 3.70. The summed E-state index contributed by atoms with van der Waals surface area (Å²) in [6.07, 6.45) is -3.20. The molecule has 0 aliphatic carbocycles. The molecule has 24 heavy (non-hydrogen) atoms. The summed E-state index contributed by atoms with van der Waals surface area (Å²) in [4.78, 5) is 20.3. The summed E-state index contributed by atoms with van der Waals surface area (Å²) in [5.41, 5.74) is 0.000118. The first-order chi connectivity index (χ1) is 11.3. The summed E-state index contributed by atoms with van der Waals surface area (Å²) in [6, 6.07) is 2.87. The number of pyridine rings is 1. The van der Waals surface area contributed by atoms with Gasteiger partial charge in [-0.05, 0) is 19.2 Å². The average molecular weight is 346 g/mol. The van der Waals surface area contributed by atoms with E-state index < -0.39 is 18.7 Å². The zero-order valence-corrected chi connectivity index (χ0v) is 13.5. The van der Waals surface area contributed by atoms with Crippen LogP contribution in [0.5, 0.6) is 5.88 Å². The summed E-state index contributed by atoms with van der Waals surface area (Å²) in [5, 5.41) is 2.70. The van der Waals surface area contributed by atoms with Gasteiger partial charge in [-0.3, -0.25) is 9.69 Å². The first kappa shape index (κ1) is 18.5. The highest BCUT2D eigenvalue weighted by Gasteiger charge is 2.29. The number of carbonyl (C=O) groups is 1. The number of likely N-dealkylation sites (N-methyl/N-ethyl adjacent to an activating group) is 1. The van der Waals surface area contributed by atoms with Crippen LogP contribution in [0.1, 0.15) is 10.4 Å². The van der Waals surface area contributed by atoms with Gasteiger partial charge in [0.1, 0.15) is 5.56 Å². The van der Waals surface area contributed by atoms with Gasteiger partial charge in [0, 0.05) is 45.5 Å². The number of nitrogens with one attached hydrogen (secondary N) is 1. The van der Waals surface area contributed by atoms with E-state index in [-0.39, 0.29) is 11.4 Å². The Morgan fingerprint density at radius 3 is 2.71 bits per heavy atom. The van der Waals surface area contributed by atoms with Gasteiger partial charge in [0.25, 0.3) is 5.91 Å². The Bertz CT molecular complexity index is 546. The molecule has 134 valence electrons. The van der Waals surface area contributed by atoms with Gasteiger partial charge in [0.2, 0.25) is 5.88 Å². The van der Waals surface area contributed by atoms with Crippen LogP contribution in [0.25, 0.3) is 0 Å². The number of hydrogen-bond donors (Lipinski definition) is 1. The molecule has 1 aromatic rings. The molecule has 1 aromatic heterocycles. The minimum absolute atomic E-state index is 0.000118. The van der Waals surface area contributed by atoms with Gasteiger partial charge in [-0.25, -0.2) is 4.98 Å². The van der Waals surface area contributed by atoms with Gasteiger partial charge in [-0.1, -0.05) is 0 Å². The van der Waals surface area contributed by atoms with Gasteiger partial charge in [-0.15, -0.1) is 0 Å². The van der Waals surface area contributed by atoms with E-state index in [2.05, 4.69) is 31.9 Å². The summed E-state index contributed by atoms with van der Waals surface area (Å²) in [7, 11) is 2.06. The SMILES string of the molecule is CN1CCN(CCNC(=O)c2cccnc2OCC(F)(F)F)CC1.